The number of rotatable bonds is 3. The van der Waals surface area contributed by atoms with Gasteiger partial charge in [0.25, 0.3) is 0 Å². The van der Waals surface area contributed by atoms with Crippen LogP contribution < -0.4 is 16.4 Å². The predicted octanol–water partition coefficient (Wildman–Crippen LogP) is 0.696. The third-order valence-corrected chi connectivity index (χ3v) is 2.98. The van der Waals surface area contributed by atoms with Crippen LogP contribution in [0, 0.1) is 11.8 Å². The summed E-state index contributed by atoms with van der Waals surface area (Å²) >= 11 is 0. The van der Waals surface area contributed by atoms with Crippen LogP contribution in [0.3, 0.4) is 0 Å². The Balaban J connectivity index is 2.31. The fourth-order valence-electron chi connectivity index (χ4n) is 2.05. The zero-order chi connectivity index (χ0) is 12.9. The molecule has 100 valence electrons. The van der Waals surface area contributed by atoms with E-state index >= 15 is 0 Å². The summed E-state index contributed by atoms with van der Waals surface area (Å²) in [7, 11) is 0. The molecule has 0 bridgehead atoms. The minimum Gasteiger partial charge on any atom is -0.444 e. The number of hydrogen-bond donors (Lipinski definition) is 3. The summed E-state index contributed by atoms with van der Waals surface area (Å²) in [5.41, 5.74) is 5.28. The molecule has 1 aliphatic rings. The molecule has 1 rings (SSSR count). The van der Waals surface area contributed by atoms with E-state index in [2.05, 4.69) is 10.6 Å². The second kappa shape index (κ2) is 6.21. The number of carbonyl (C=O) groups is 1. The third-order valence-electron chi connectivity index (χ3n) is 2.98. The van der Waals surface area contributed by atoms with Gasteiger partial charge in [-0.2, -0.15) is 0 Å². The molecule has 0 unspecified atom stereocenters. The number of piperidine rings is 1. The maximum Gasteiger partial charge on any atom is 0.407 e. The zero-order valence-corrected chi connectivity index (χ0v) is 11.1. The van der Waals surface area contributed by atoms with Crippen LogP contribution in [0.1, 0.15) is 27.2 Å². The number of carbonyl (C=O) groups excluding carboxylic acids is 1. The first-order valence-electron chi connectivity index (χ1n) is 6.30. The highest BCUT2D eigenvalue weighted by molar-refractivity contribution is 5.67. The summed E-state index contributed by atoms with van der Waals surface area (Å²) in [5.74, 6) is 0.896. The summed E-state index contributed by atoms with van der Waals surface area (Å²) in [6, 6.07) is 0. The van der Waals surface area contributed by atoms with E-state index in [1.165, 1.54) is 0 Å². The lowest BCUT2D eigenvalue weighted by Crippen LogP contribution is -2.45. The van der Waals surface area contributed by atoms with Crippen LogP contribution >= 0.6 is 0 Å². The molecule has 1 amide bonds. The van der Waals surface area contributed by atoms with Gasteiger partial charge in [-0.15, -0.1) is 0 Å². The molecule has 5 heteroatoms. The molecule has 1 aliphatic heterocycles. The van der Waals surface area contributed by atoms with Crippen LogP contribution in [0.15, 0.2) is 0 Å². The molecule has 2 atom stereocenters. The Labute approximate surface area is 103 Å². The summed E-state index contributed by atoms with van der Waals surface area (Å²) in [6.07, 6.45) is 0.712. The highest BCUT2D eigenvalue weighted by Crippen LogP contribution is 2.17. The highest BCUT2D eigenvalue weighted by Gasteiger charge is 2.25. The molecule has 0 aromatic carbocycles. The molecular formula is C12H25N3O2. The van der Waals surface area contributed by atoms with Crippen LogP contribution in [0.2, 0.25) is 0 Å². The Morgan fingerprint density at radius 2 is 2.18 bits per heavy atom. The van der Waals surface area contributed by atoms with Crippen molar-refractivity contribution in [1.29, 1.82) is 0 Å². The maximum atomic E-state index is 11.5. The molecule has 0 aromatic heterocycles. The molecule has 17 heavy (non-hydrogen) atoms. The average Bonchev–Trinajstić information content (AvgIpc) is 2.24. The van der Waals surface area contributed by atoms with E-state index in [1.54, 1.807) is 0 Å². The predicted molar refractivity (Wildman–Crippen MR) is 67.8 cm³/mol. The van der Waals surface area contributed by atoms with Crippen molar-refractivity contribution in [3.05, 3.63) is 0 Å². The Kier molecular flexibility index (Phi) is 5.21. The van der Waals surface area contributed by atoms with Crippen molar-refractivity contribution in [3.8, 4) is 0 Å². The largest absolute Gasteiger partial charge is 0.444 e. The lowest BCUT2D eigenvalue weighted by molar-refractivity contribution is 0.0509. The lowest BCUT2D eigenvalue weighted by atomic mass is 9.86. The second-order valence-corrected chi connectivity index (χ2v) is 5.63. The van der Waals surface area contributed by atoms with Gasteiger partial charge in [0, 0.05) is 6.54 Å². The van der Waals surface area contributed by atoms with Crippen molar-refractivity contribution in [1.82, 2.24) is 10.6 Å². The maximum absolute atomic E-state index is 11.5. The SMILES string of the molecule is CC(C)(C)OC(=O)NC[C@@H]1CCNC[C@H]1CN. The molecule has 0 spiro atoms. The number of ether oxygens (including phenoxy) is 1. The van der Waals surface area contributed by atoms with Crippen molar-refractivity contribution >= 4 is 6.09 Å². The molecule has 1 heterocycles. The minimum absolute atomic E-state index is 0.341. The molecule has 0 radical (unpaired) electrons. The molecule has 0 saturated carbocycles. The molecule has 5 nitrogen and oxygen atoms in total. The van der Waals surface area contributed by atoms with Crippen LogP contribution in [0.4, 0.5) is 4.79 Å². The molecular weight excluding hydrogens is 218 g/mol. The van der Waals surface area contributed by atoms with E-state index < -0.39 is 5.60 Å². The summed E-state index contributed by atoms with van der Waals surface area (Å²) < 4.78 is 5.20. The molecule has 4 N–H and O–H groups in total. The van der Waals surface area contributed by atoms with Gasteiger partial charge in [0.2, 0.25) is 0 Å². The number of alkyl carbamates (subject to hydrolysis) is 1. The monoisotopic (exact) mass is 243 g/mol. The second-order valence-electron chi connectivity index (χ2n) is 5.63. The van der Waals surface area contributed by atoms with Gasteiger partial charge in [0.15, 0.2) is 0 Å². The van der Waals surface area contributed by atoms with E-state index in [1.807, 2.05) is 20.8 Å². The molecule has 1 saturated heterocycles. The highest BCUT2D eigenvalue weighted by atomic mass is 16.6. The summed E-state index contributed by atoms with van der Waals surface area (Å²) in [4.78, 5) is 11.5. The number of hydrogen-bond acceptors (Lipinski definition) is 4. The van der Waals surface area contributed by atoms with Gasteiger partial charge in [-0.3, -0.25) is 0 Å². The topological polar surface area (TPSA) is 76.4 Å². The first-order chi connectivity index (χ1) is 7.92. The summed E-state index contributed by atoms with van der Waals surface area (Å²) in [6.45, 7) is 8.83. The number of amides is 1. The fourth-order valence-corrected chi connectivity index (χ4v) is 2.05. The van der Waals surface area contributed by atoms with E-state index in [0.29, 0.717) is 24.9 Å². The van der Waals surface area contributed by atoms with E-state index in [4.69, 9.17) is 10.5 Å². The number of nitrogens with two attached hydrogens (primary N) is 1. The van der Waals surface area contributed by atoms with E-state index in [9.17, 15) is 4.79 Å². The van der Waals surface area contributed by atoms with Gasteiger partial charge >= 0.3 is 6.09 Å². The van der Waals surface area contributed by atoms with Crippen molar-refractivity contribution in [2.24, 2.45) is 17.6 Å². The van der Waals surface area contributed by atoms with Crippen molar-refractivity contribution in [2.45, 2.75) is 32.8 Å². The van der Waals surface area contributed by atoms with E-state index in [0.717, 1.165) is 19.5 Å². The van der Waals surface area contributed by atoms with Crippen LogP contribution in [0.25, 0.3) is 0 Å². The standard InChI is InChI=1S/C12H25N3O2/c1-12(2,3)17-11(16)15-8-9-4-5-14-7-10(9)6-13/h9-10,14H,4-8,13H2,1-3H3,(H,15,16)/t9-,10+/m0/s1. The fraction of sp³-hybridized carbons (Fsp3) is 0.917. The molecule has 0 aliphatic carbocycles. The summed E-state index contributed by atoms with van der Waals surface area (Å²) in [5, 5.41) is 6.15. The van der Waals surface area contributed by atoms with Crippen LogP contribution in [-0.4, -0.2) is 37.9 Å². The number of nitrogens with one attached hydrogen (secondary N) is 2. The van der Waals surface area contributed by atoms with Gasteiger partial charge in [0.05, 0.1) is 0 Å². The zero-order valence-electron chi connectivity index (χ0n) is 11.1. The third kappa shape index (κ3) is 5.37. The normalized spacial score (nSPS) is 25.4. The van der Waals surface area contributed by atoms with Gasteiger partial charge in [-0.1, -0.05) is 0 Å². The average molecular weight is 243 g/mol. The van der Waals surface area contributed by atoms with E-state index in [-0.39, 0.29) is 6.09 Å². The Morgan fingerprint density at radius 1 is 1.47 bits per heavy atom. The lowest BCUT2D eigenvalue weighted by Gasteiger charge is -2.31. The van der Waals surface area contributed by atoms with Crippen molar-refractivity contribution < 1.29 is 9.53 Å². The van der Waals surface area contributed by atoms with Gasteiger partial charge < -0.3 is 21.1 Å². The first-order valence-corrected chi connectivity index (χ1v) is 6.30. The minimum atomic E-state index is -0.439. The Morgan fingerprint density at radius 3 is 2.76 bits per heavy atom. The quantitative estimate of drug-likeness (QED) is 0.682. The first kappa shape index (κ1) is 14.3. The van der Waals surface area contributed by atoms with Crippen LogP contribution in [-0.2, 0) is 4.74 Å². The van der Waals surface area contributed by atoms with Gasteiger partial charge in [-0.25, -0.2) is 4.79 Å². The van der Waals surface area contributed by atoms with Crippen molar-refractivity contribution in [2.75, 3.05) is 26.2 Å². The molecule has 0 aromatic rings. The molecule has 1 fully saturated rings. The van der Waals surface area contributed by atoms with Crippen LogP contribution in [0.5, 0.6) is 0 Å². The smallest absolute Gasteiger partial charge is 0.407 e. The Bertz CT molecular complexity index is 251. The van der Waals surface area contributed by atoms with Gasteiger partial charge in [-0.05, 0) is 58.7 Å². The Hall–Kier alpha value is -0.810. The van der Waals surface area contributed by atoms with Gasteiger partial charge in [0.1, 0.15) is 5.60 Å². The van der Waals surface area contributed by atoms with Crippen molar-refractivity contribution in [3.63, 3.8) is 0 Å².